The van der Waals surface area contributed by atoms with Gasteiger partial charge < -0.3 is 14.6 Å². The van der Waals surface area contributed by atoms with Crippen LogP contribution in [0.2, 0.25) is 0 Å². The lowest BCUT2D eigenvalue weighted by Crippen LogP contribution is -2.42. The highest BCUT2D eigenvalue weighted by Gasteiger charge is 2.32. The predicted molar refractivity (Wildman–Crippen MR) is 78.8 cm³/mol. The second-order valence-electron chi connectivity index (χ2n) is 5.24. The number of fused-ring (bicyclic) bond motifs is 1. The van der Waals surface area contributed by atoms with Crippen molar-refractivity contribution in [1.29, 1.82) is 0 Å². The molecule has 0 bridgehead atoms. The number of halogens is 1. The maximum Gasteiger partial charge on any atom is 0.125 e. The Hall–Kier alpha value is -0.580. The van der Waals surface area contributed by atoms with Gasteiger partial charge in [-0.1, -0.05) is 22.9 Å². The average molecular weight is 329 g/mol. The summed E-state index contributed by atoms with van der Waals surface area (Å²) < 4.78 is 12.2. The van der Waals surface area contributed by atoms with Gasteiger partial charge in [-0.2, -0.15) is 0 Å². The first-order valence-electron chi connectivity index (χ1n) is 6.67. The van der Waals surface area contributed by atoms with E-state index < -0.39 is 11.7 Å². The van der Waals surface area contributed by atoms with Crippen LogP contribution in [0.1, 0.15) is 31.4 Å². The van der Waals surface area contributed by atoms with Crippen LogP contribution < -0.4 is 4.74 Å². The Bertz CT molecular complexity index is 455. The number of ether oxygens (including phenoxy) is 2. The van der Waals surface area contributed by atoms with E-state index in [1.807, 2.05) is 19.9 Å². The summed E-state index contributed by atoms with van der Waals surface area (Å²) >= 11 is 3.52. The lowest BCUT2D eigenvalue weighted by molar-refractivity contribution is -0.0915. The molecule has 1 heterocycles. The van der Waals surface area contributed by atoms with Gasteiger partial charge in [0.1, 0.15) is 5.75 Å². The Labute approximate surface area is 123 Å². The fourth-order valence-corrected chi connectivity index (χ4v) is 2.99. The van der Waals surface area contributed by atoms with Crippen LogP contribution in [-0.4, -0.2) is 30.5 Å². The molecule has 0 spiro atoms. The van der Waals surface area contributed by atoms with Crippen molar-refractivity contribution in [3.63, 3.8) is 0 Å². The molecular weight excluding hydrogens is 308 g/mol. The highest BCUT2D eigenvalue weighted by atomic mass is 79.9. The molecule has 1 aliphatic rings. The van der Waals surface area contributed by atoms with Gasteiger partial charge in [0, 0.05) is 24.4 Å². The zero-order chi connectivity index (χ0) is 14.0. The van der Waals surface area contributed by atoms with Crippen molar-refractivity contribution in [2.45, 2.75) is 44.8 Å². The van der Waals surface area contributed by atoms with Gasteiger partial charge in [-0.25, -0.2) is 0 Å². The lowest BCUT2D eigenvalue weighted by atomic mass is 9.90. The van der Waals surface area contributed by atoms with E-state index in [2.05, 4.69) is 22.0 Å². The summed E-state index contributed by atoms with van der Waals surface area (Å²) in [6, 6.07) is 4.12. The summed E-state index contributed by atoms with van der Waals surface area (Å²) in [5, 5.41) is 10.4. The topological polar surface area (TPSA) is 38.7 Å². The van der Waals surface area contributed by atoms with Crippen LogP contribution in [0.15, 0.2) is 16.6 Å². The number of rotatable bonds is 5. The first-order valence-corrected chi connectivity index (χ1v) is 7.46. The van der Waals surface area contributed by atoms with Crippen LogP contribution in [0.4, 0.5) is 0 Å². The molecule has 1 aromatic carbocycles. The van der Waals surface area contributed by atoms with E-state index in [0.717, 1.165) is 35.2 Å². The van der Waals surface area contributed by atoms with Crippen molar-refractivity contribution >= 4 is 15.9 Å². The molecule has 0 aliphatic carbocycles. The largest absolute Gasteiger partial charge is 0.493 e. The number of methoxy groups -OCH3 is 1. The van der Waals surface area contributed by atoms with Gasteiger partial charge in [-0.3, -0.25) is 0 Å². The Balaban J connectivity index is 2.24. The Morgan fingerprint density at radius 3 is 2.89 bits per heavy atom. The molecule has 0 amide bonds. The van der Waals surface area contributed by atoms with Crippen LogP contribution in [0.5, 0.6) is 5.75 Å². The van der Waals surface area contributed by atoms with Crippen molar-refractivity contribution in [3.05, 3.63) is 27.7 Å². The minimum absolute atomic E-state index is 0.520. The zero-order valence-electron chi connectivity index (χ0n) is 11.7. The standard InChI is InChI=1S/C15H21BrO3/c1-4-15(2,18-3)13(17)9-11-8-12(16)7-10-5-6-19-14(10)11/h7-8,13,17H,4-6,9H2,1-3H3. The summed E-state index contributed by atoms with van der Waals surface area (Å²) in [7, 11) is 1.65. The van der Waals surface area contributed by atoms with Gasteiger partial charge in [-0.05, 0) is 36.6 Å². The highest BCUT2D eigenvalue weighted by molar-refractivity contribution is 9.10. The van der Waals surface area contributed by atoms with Gasteiger partial charge in [0.05, 0.1) is 18.3 Å². The number of hydrogen-bond donors (Lipinski definition) is 1. The third kappa shape index (κ3) is 2.96. The van der Waals surface area contributed by atoms with Crippen LogP contribution in [0.3, 0.4) is 0 Å². The molecule has 2 atom stereocenters. The molecule has 0 aromatic heterocycles. The molecule has 2 unspecified atom stereocenters. The maximum atomic E-state index is 10.4. The Morgan fingerprint density at radius 1 is 1.53 bits per heavy atom. The van der Waals surface area contributed by atoms with Gasteiger partial charge >= 0.3 is 0 Å². The van der Waals surface area contributed by atoms with E-state index >= 15 is 0 Å². The second kappa shape index (κ2) is 5.81. The highest BCUT2D eigenvalue weighted by Crippen LogP contribution is 2.35. The molecule has 19 heavy (non-hydrogen) atoms. The van der Waals surface area contributed by atoms with Crippen LogP contribution in [-0.2, 0) is 17.6 Å². The molecule has 2 rings (SSSR count). The van der Waals surface area contributed by atoms with E-state index in [9.17, 15) is 5.11 Å². The molecule has 1 aliphatic heterocycles. The van der Waals surface area contributed by atoms with Crippen molar-refractivity contribution in [2.75, 3.05) is 13.7 Å². The molecule has 3 nitrogen and oxygen atoms in total. The fraction of sp³-hybridized carbons (Fsp3) is 0.600. The molecule has 1 aromatic rings. The predicted octanol–water partition coefficient (Wildman–Crippen LogP) is 3.10. The van der Waals surface area contributed by atoms with E-state index in [1.165, 1.54) is 5.56 Å². The molecule has 0 radical (unpaired) electrons. The zero-order valence-corrected chi connectivity index (χ0v) is 13.3. The minimum atomic E-state index is -0.551. The van der Waals surface area contributed by atoms with Crippen LogP contribution >= 0.6 is 15.9 Å². The van der Waals surface area contributed by atoms with Crippen molar-refractivity contribution in [2.24, 2.45) is 0 Å². The minimum Gasteiger partial charge on any atom is -0.493 e. The number of aliphatic hydroxyl groups is 1. The quantitative estimate of drug-likeness (QED) is 0.902. The Morgan fingerprint density at radius 2 is 2.26 bits per heavy atom. The van der Waals surface area contributed by atoms with Gasteiger partial charge in [0.2, 0.25) is 0 Å². The third-order valence-corrected chi connectivity index (χ3v) is 4.57. The first kappa shape index (κ1) is 14.8. The molecule has 0 saturated carbocycles. The first-order chi connectivity index (χ1) is 9.00. The summed E-state index contributed by atoms with van der Waals surface area (Å²) in [5.74, 6) is 0.941. The third-order valence-electron chi connectivity index (χ3n) is 4.11. The van der Waals surface area contributed by atoms with Crippen LogP contribution in [0, 0.1) is 0 Å². The molecule has 4 heteroatoms. The normalized spacial score (nSPS) is 18.6. The van der Waals surface area contributed by atoms with Crippen molar-refractivity contribution in [3.8, 4) is 5.75 Å². The smallest absolute Gasteiger partial charge is 0.125 e. The average Bonchev–Trinajstić information content (AvgIpc) is 2.85. The molecule has 1 N–H and O–H groups in total. The number of aliphatic hydroxyl groups excluding tert-OH is 1. The summed E-state index contributed by atoms with van der Waals surface area (Å²) in [5.41, 5.74) is 1.74. The monoisotopic (exact) mass is 328 g/mol. The SMILES string of the molecule is CCC(C)(OC)C(O)Cc1cc(Br)cc2c1OCC2. The molecule has 0 saturated heterocycles. The van der Waals surface area contributed by atoms with E-state index in [4.69, 9.17) is 9.47 Å². The number of benzene rings is 1. The van der Waals surface area contributed by atoms with Crippen molar-refractivity contribution < 1.29 is 14.6 Å². The second-order valence-corrected chi connectivity index (χ2v) is 6.16. The van der Waals surface area contributed by atoms with Gasteiger partial charge in [0.15, 0.2) is 0 Å². The van der Waals surface area contributed by atoms with Crippen LogP contribution in [0.25, 0.3) is 0 Å². The molecule has 0 fully saturated rings. The van der Waals surface area contributed by atoms with Gasteiger partial charge in [0.25, 0.3) is 0 Å². The Kier molecular flexibility index (Phi) is 4.54. The lowest BCUT2D eigenvalue weighted by Gasteiger charge is -2.32. The summed E-state index contributed by atoms with van der Waals surface area (Å²) in [6.07, 6.45) is 1.69. The van der Waals surface area contributed by atoms with E-state index in [-0.39, 0.29) is 0 Å². The van der Waals surface area contributed by atoms with E-state index in [0.29, 0.717) is 6.42 Å². The molecule has 106 valence electrons. The number of hydrogen-bond acceptors (Lipinski definition) is 3. The summed E-state index contributed by atoms with van der Waals surface area (Å²) in [6.45, 7) is 4.69. The van der Waals surface area contributed by atoms with Crippen molar-refractivity contribution in [1.82, 2.24) is 0 Å². The van der Waals surface area contributed by atoms with Gasteiger partial charge in [-0.15, -0.1) is 0 Å². The summed E-state index contributed by atoms with van der Waals surface area (Å²) in [4.78, 5) is 0. The molecular formula is C15H21BrO3. The maximum absolute atomic E-state index is 10.4. The fourth-order valence-electron chi connectivity index (χ4n) is 2.44. The van der Waals surface area contributed by atoms with E-state index in [1.54, 1.807) is 7.11 Å².